The molecule has 0 amide bonds. The first-order valence-electron chi connectivity index (χ1n) is 6.17. The zero-order chi connectivity index (χ0) is 15.2. The summed E-state index contributed by atoms with van der Waals surface area (Å²) in [5, 5.41) is 11.5. The van der Waals surface area contributed by atoms with Gasteiger partial charge < -0.3 is 20.2 Å². The van der Waals surface area contributed by atoms with E-state index >= 15 is 0 Å². The van der Waals surface area contributed by atoms with Gasteiger partial charge in [0.25, 0.3) is 5.56 Å². The van der Waals surface area contributed by atoms with Crippen LogP contribution in [0.2, 0.25) is 0 Å². The fourth-order valence-electron chi connectivity index (χ4n) is 1.78. The highest BCUT2D eigenvalue weighted by Gasteiger charge is 2.07. The molecule has 7 heteroatoms. The summed E-state index contributed by atoms with van der Waals surface area (Å²) in [6.07, 6.45) is 1.63. The fourth-order valence-corrected chi connectivity index (χ4v) is 2.16. The van der Waals surface area contributed by atoms with Gasteiger partial charge in [0.2, 0.25) is 0 Å². The number of nitrogens with two attached hydrogens (primary N) is 1. The van der Waals surface area contributed by atoms with E-state index in [9.17, 15) is 4.79 Å². The van der Waals surface area contributed by atoms with Crippen LogP contribution >= 0.6 is 15.9 Å². The van der Waals surface area contributed by atoms with E-state index in [-0.39, 0.29) is 17.0 Å². The summed E-state index contributed by atoms with van der Waals surface area (Å²) in [7, 11) is 0. The van der Waals surface area contributed by atoms with Crippen molar-refractivity contribution in [3.05, 3.63) is 63.0 Å². The molecule has 1 aromatic heterocycles. The number of hydrogen-bond acceptors (Lipinski definition) is 4. The number of hydrogen-bond donors (Lipinski definition) is 2. The Hall–Kier alpha value is -2.28. The van der Waals surface area contributed by atoms with Gasteiger partial charge >= 0.3 is 0 Å². The lowest BCUT2D eigenvalue weighted by Gasteiger charge is -2.09. The average Bonchev–Trinajstić information content (AvgIpc) is 2.48. The highest BCUT2D eigenvalue weighted by molar-refractivity contribution is 9.10. The first-order valence-corrected chi connectivity index (χ1v) is 6.97. The van der Waals surface area contributed by atoms with Gasteiger partial charge in [0.15, 0.2) is 5.84 Å². The first kappa shape index (κ1) is 15.1. The third kappa shape index (κ3) is 3.85. The number of rotatable bonds is 5. The van der Waals surface area contributed by atoms with Gasteiger partial charge in [-0.15, -0.1) is 0 Å². The Morgan fingerprint density at radius 3 is 2.90 bits per heavy atom. The van der Waals surface area contributed by atoms with Crippen molar-refractivity contribution in [3.63, 3.8) is 0 Å². The Morgan fingerprint density at radius 2 is 2.19 bits per heavy atom. The molecule has 0 spiro atoms. The highest BCUT2D eigenvalue weighted by atomic mass is 79.9. The Bertz CT molecular complexity index is 713. The van der Waals surface area contributed by atoms with E-state index in [0.29, 0.717) is 18.9 Å². The van der Waals surface area contributed by atoms with Crippen LogP contribution in [0.1, 0.15) is 5.56 Å². The SMILES string of the molecule is N/C(=N/O)c1cccn(CCOc2cccc(Br)c2)c1=O. The lowest BCUT2D eigenvalue weighted by molar-refractivity contribution is 0.296. The number of ether oxygens (including phenoxy) is 1. The molecule has 0 saturated heterocycles. The molecule has 0 atom stereocenters. The van der Waals surface area contributed by atoms with Gasteiger partial charge in [0.05, 0.1) is 12.1 Å². The Morgan fingerprint density at radius 1 is 1.38 bits per heavy atom. The number of halogens is 1. The predicted octanol–water partition coefficient (Wildman–Crippen LogP) is 1.78. The predicted molar refractivity (Wildman–Crippen MR) is 82.8 cm³/mol. The standard InChI is InChI=1S/C14H14BrN3O3/c15-10-3-1-4-11(9-10)21-8-7-18-6-2-5-12(14(18)19)13(16)17-20/h1-6,9,20H,7-8H2,(H2,16,17). The molecule has 110 valence electrons. The van der Waals surface area contributed by atoms with E-state index in [4.69, 9.17) is 15.7 Å². The summed E-state index contributed by atoms with van der Waals surface area (Å²) in [5.41, 5.74) is 5.28. The number of aromatic nitrogens is 1. The van der Waals surface area contributed by atoms with Gasteiger partial charge in [0.1, 0.15) is 12.4 Å². The number of nitrogens with zero attached hydrogens (tertiary/aromatic N) is 2. The van der Waals surface area contributed by atoms with Gasteiger partial charge in [-0.1, -0.05) is 27.2 Å². The molecule has 2 aromatic rings. The van der Waals surface area contributed by atoms with Crippen molar-refractivity contribution in [3.8, 4) is 5.75 Å². The summed E-state index contributed by atoms with van der Waals surface area (Å²) in [5.74, 6) is 0.507. The molecule has 0 aliphatic carbocycles. The molecule has 0 radical (unpaired) electrons. The van der Waals surface area contributed by atoms with E-state index in [2.05, 4.69) is 21.1 Å². The van der Waals surface area contributed by atoms with Crippen LogP contribution in [0.3, 0.4) is 0 Å². The summed E-state index contributed by atoms with van der Waals surface area (Å²) < 4.78 is 7.94. The van der Waals surface area contributed by atoms with Gasteiger partial charge in [0, 0.05) is 10.7 Å². The Labute approximate surface area is 129 Å². The number of oxime groups is 1. The van der Waals surface area contributed by atoms with Crippen molar-refractivity contribution in [2.45, 2.75) is 6.54 Å². The molecule has 1 aromatic carbocycles. The van der Waals surface area contributed by atoms with Gasteiger partial charge in [-0.3, -0.25) is 4.79 Å². The summed E-state index contributed by atoms with van der Waals surface area (Å²) in [6.45, 7) is 0.688. The first-order chi connectivity index (χ1) is 10.1. The van der Waals surface area contributed by atoms with Gasteiger partial charge in [-0.05, 0) is 30.3 Å². The van der Waals surface area contributed by atoms with Crippen molar-refractivity contribution in [1.82, 2.24) is 4.57 Å². The molecule has 6 nitrogen and oxygen atoms in total. The lowest BCUT2D eigenvalue weighted by Crippen LogP contribution is -2.30. The number of benzene rings is 1. The molecule has 3 N–H and O–H groups in total. The summed E-state index contributed by atoms with van der Waals surface area (Å²) in [4.78, 5) is 12.1. The fraction of sp³-hybridized carbons (Fsp3) is 0.143. The maximum absolute atomic E-state index is 12.1. The van der Waals surface area contributed by atoms with Crippen LogP contribution in [0.15, 0.2) is 57.0 Å². The molecular weight excluding hydrogens is 338 g/mol. The van der Waals surface area contributed by atoms with Crippen LogP contribution in [0.5, 0.6) is 5.75 Å². The minimum atomic E-state index is -0.328. The van der Waals surface area contributed by atoms with Gasteiger partial charge in [-0.2, -0.15) is 0 Å². The lowest BCUT2D eigenvalue weighted by atomic mass is 10.2. The molecule has 0 unspecified atom stereocenters. The molecule has 0 saturated carbocycles. The van der Waals surface area contributed by atoms with Crippen molar-refractivity contribution in [2.24, 2.45) is 10.9 Å². The monoisotopic (exact) mass is 351 g/mol. The van der Waals surface area contributed by atoms with Gasteiger partial charge in [-0.25, -0.2) is 0 Å². The van der Waals surface area contributed by atoms with Crippen LogP contribution in [-0.4, -0.2) is 22.2 Å². The molecule has 0 bridgehead atoms. The van der Waals surface area contributed by atoms with E-state index in [0.717, 1.165) is 4.47 Å². The maximum Gasteiger partial charge on any atom is 0.261 e. The van der Waals surface area contributed by atoms with Crippen LogP contribution in [-0.2, 0) is 6.54 Å². The summed E-state index contributed by atoms with van der Waals surface area (Å²) in [6, 6.07) is 10.6. The largest absolute Gasteiger partial charge is 0.492 e. The molecule has 21 heavy (non-hydrogen) atoms. The van der Waals surface area contributed by atoms with E-state index in [1.165, 1.54) is 10.6 Å². The molecular formula is C14H14BrN3O3. The van der Waals surface area contributed by atoms with Crippen LogP contribution < -0.4 is 16.0 Å². The smallest absolute Gasteiger partial charge is 0.261 e. The average molecular weight is 352 g/mol. The second kappa shape index (κ2) is 6.94. The van der Waals surface area contributed by atoms with Crippen molar-refractivity contribution in [2.75, 3.05) is 6.61 Å². The molecule has 1 heterocycles. The van der Waals surface area contributed by atoms with E-state index in [1.54, 1.807) is 12.3 Å². The van der Waals surface area contributed by atoms with Crippen molar-refractivity contribution in [1.29, 1.82) is 0 Å². The third-order valence-corrected chi connectivity index (χ3v) is 3.29. The number of amidine groups is 1. The highest BCUT2D eigenvalue weighted by Crippen LogP contribution is 2.17. The molecule has 0 fully saturated rings. The van der Waals surface area contributed by atoms with E-state index < -0.39 is 0 Å². The van der Waals surface area contributed by atoms with Crippen LogP contribution in [0.25, 0.3) is 0 Å². The second-order valence-corrected chi connectivity index (χ2v) is 5.13. The van der Waals surface area contributed by atoms with Crippen LogP contribution in [0.4, 0.5) is 0 Å². The summed E-state index contributed by atoms with van der Waals surface area (Å²) >= 11 is 3.36. The van der Waals surface area contributed by atoms with Crippen LogP contribution in [0, 0.1) is 0 Å². The van der Waals surface area contributed by atoms with E-state index in [1.807, 2.05) is 24.3 Å². The second-order valence-electron chi connectivity index (χ2n) is 4.21. The molecule has 0 aliphatic rings. The topological polar surface area (TPSA) is 89.8 Å². The molecule has 0 aliphatic heterocycles. The zero-order valence-corrected chi connectivity index (χ0v) is 12.7. The van der Waals surface area contributed by atoms with Crippen molar-refractivity contribution < 1.29 is 9.94 Å². The maximum atomic E-state index is 12.1. The minimum Gasteiger partial charge on any atom is -0.492 e. The molecule has 2 rings (SSSR count). The zero-order valence-electron chi connectivity index (χ0n) is 11.1. The Balaban J connectivity index is 2.06. The number of pyridine rings is 1. The third-order valence-electron chi connectivity index (χ3n) is 2.80. The normalized spacial score (nSPS) is 11.4. The van der Waals surface area contributed by atoms with Crippen molar-refractivity contribution >= 4 is 21.8 Å². The minimum absolute atomic E-state index is 0.155. The Kier molecular flexibility index (Phi) is 4.99. The quantitative estimate of drug-likeness (QED) is 0.372.